The van der Waals surface area contributed by atoms with Crippen LogP contribution in [0.1, 0.15) is 103 Å². The van der Waals surface area contributed by atoms with Crippen molar-refractivity contribution >= 4 is 0 Å². The number of fused-ring (bicyclic) bond motifs is 6. The third-order valence-corrected chi connectivity index (χ3v) is 15.4. The summed E-state index contributed by atoms with van der Waals surface area (Å²) in [5.41, 5.74) is 28.4. The van der Waals surface area contributed by atoms with E-state index in [0.29, 0.717) is 0 Å². The van der Waals surface area contributed by atoms with Crippen LogP contribution in [-0.4, -0.2) is 0 Å². The van der Waals surface area contributed by atoms with Gasteiger partial charge in [0.05, 0.1) is 0 Å². The van der Waals surface area contributed by atoms with Crippen molar-refractivity contribution in [3.8, 4) is 89.0 Å². The topological polar surface area (TPSA) is 0 Å². The van der Waals surface area contributed by atoms with Crippen LogP contribution < -0.4 is 0 Å². The Morgan fingerprint density at radius 2 is 0.500 bits per heavy atom. The molecule has 0 aliphatic heterocycles. The number of hydrogen-bond donors (Lipinski definition) is 0. The van der Waals surface area contributed by atoms with Gasteiger partial charge in [0, 0.05) is 10.8 Å². The van der Waals surface area contributed by atoms with Crippen molar-refractivity contribution in [2.45, 2.75) is 90.9 Å². The highest BCUT2D eigenvalue weighted by Crippen LogP contribution is 2.54. The second kappa shape index (κ2) is 15.8. The Balaban J connectivity index is 0.965. The summed E-state index contributed by atoms with van der Waals surface area (Å²) >= 11 is 0. The Kier molecular flexibility index (Phi) is 10.1. The van der Waals surface area contributed by atoms with Crippen LogP contribution in [0.4, 0.5) is 0 Å². The van der Waals surface area contributed by atoms with E-state index in [1.54, 1.807) is 0 Å². The molecule has 0 saturated carbocycles. The van der Waals surface area contributed by atoms with E-state index < -0.39 is 0 Å². The van der Waals surface area contributed by atoms with Gasteiger partial charge in [-0.05, 0) is 182 Å². The fourth-order valence-electron chi connectivity index (χ4n) is 11.5. The van der Waals surface area contributed by atoms with Crippen molar-refractivity contribution in [3.05, 3.63) is 228 Å². The van der Waals surface area contributed by atoms with Crippen LogP contribution in [-0.2, 0) is 21.7 Å². The Bertz CT molecular complexity index is 3200. The Hall–Kier alpha value is -7.02. The van der Waals surface area contributed by atoms with E-state index in [4.69, 9.17) is 0 Å². The molecule has 0 nitrogen and oxygen atoms in total. The van der Waals surface area contributed by atoms with Gasteiger partial charge in [0.25, 0.3) is 0 Å². The first-order valence-corrected chi connectivity index (χ1v) is 24.6. The molecule has 0 atom stereocenters. The van der Waals surface area contributed by atoms with Crippen molar-refractivity contribution in [2.75, 3.05) is 0 Å². The molecule has 0 bridgehead atoms. The van der Waals surface area contributed by atoms with E-state index >= 15 is 0 Å². The predicted octanol–water partition coefficient (Wildman–Crippen LogP) is 18.9. The average Bonchev–Trinajstić information content (AvgIpc) is 3.71. The molecule has 0 unspecified atom stereocenters. The van der Waals surface area contributed by atoms with Crippen LogP contribution in [0.15, 0.2) is 194 Å². The summed E-state index contributed by atoms with van der Waals surface area (Å²) in [6, 6.07) is 73.3. The van der Waals surface area contributed by atoms with E-state index in [0.717, 1.165) is 0 Å². The summed E-state index contributed by atoms with van der Waals surface area (Å²) in [5.74, 6) is 0. The van der Waals surface area contributed by atoms with Crippen molar-refractivity contribution in [2.24, 2.45) is 0 Å². The Morgan fingerprint density at radius 1 is 0.235 bits per heavy atom. The average molecular weight is 879 g/mol. The van der Waals surface area contributed by atoms with E-state index in [-0.39, 0.29) is 21.7 Å². The molecule has 0 aromatic heterocycles. The minimum atomic E-state index is -0.163. The number of benzene rings is 9. The van der Waals surface area contributed by atoms with Gasteiger partial charge in [-0.2, -0.15) is 0 Å². The third-order valence-electron chi connectivity index (χ3n) is 15.4. The fraction of sp³-hybridized carbons (Fsp3) is 0.206. The van der Waals surface area contributed by atoms with Crippen LogP contribution in [0.3, 0.4) is 0 Å². The first-order chi connectivity index (χ1) is 32.5. The highest BCUT2D eigenvalue weighted by Gasteiger charge is 2.38. The maximum absolute atomic E-state index is 2.55. The van der Waals surface area contributed by atoms with Gasteiger partial charge in [-0.15, -0.1) is 0 Å². The largest absolute Gasteiger partial charge is 0.0622 e. The smallest absolute Gasteiger partial charge is 0.0159 e. The lowest BCUT2D eigenvalue weighted by molar-refractivity contribution is 0.580. The second-order valence-corrected chi connectivity index (χ2v) is 22.6. The summed E-state index contributed by atoms with van der Waals surface area (Å²) in [7, 11) is 0. The number of hydrogen-bond acceptors (Lipinski definition) is 0. The lowest BCUT2D eigenvalue weighted by atomic mass is 9.73. The van der Waals surface area contributed by atoms with Crippen LogP contribution in [0.2, 0.25) is 0 Å². The standard InChI is InChI=1S/C68H62/c1-65(2,3)59-41-58(52-30-34-56-54-32-28-50(38-62(54)68(9,10)64(56)40-52)48-26-18-24-46(36-48)44-21-15-12-16-22-44)60(66(4,5)6)42-57(59)51-29-33-55-53-31-27-49(37-61(53)67(7,8)63(55)39-51)47-25-17-23-45(35-47)43-19-13-11-14-20-43/h11-42H,1-10H3. The molecule has 9 aromatic rings. The van der Waals surface area contributed by atoms with Crippen molar-refractivity contribution < 1.29 is 0 Å². The van der Waals surface area contributed by atoms with Gasteiger partial charge in [0.15, 0.2) is 0 Å². The maximum Gasteiger partial charge on any atom is 0.0159 e. The van der Waals surface area contributed by atoms with Crippen LogP contribution >= 0.6 is 0 Å². The highest BCUT2D eigenvalue weighted by molar-refractivity contribution is 5.90. The molecule has 2 aliphatic carbocycles. The van der Waals surface area contributed by atoms with Gasteiger partial charge in [-0.25, -0.2) is 0 Å². The minimum absolute atomic E-state index is 0.0956. The van der Waals surface area contributed by atoms with Gasteiger partial charge < -0.3 is 0 Å². The normalized spacial score (nSPS) is 14.3. The van der Waals surface area contributed by atoms with Gasteiger partial charge in [-0.3, -0.25) is 0 Å². The monoisotopic (exact) mass is 878 g/mol. The van der Waals surface area contributed by atoms with E-state index in [2.05, 4.69) is 263 Å². The van der Waals surface area contributed by atoms with Crippen molar-refractivity contribution in [1.82, 2.24) is 0 Å². The summed E-state index contributed by atoms with van der Waals surface area (Å²) in [6.45, 7) is 23.9. The van der Waals surface area contributed by atoms with Gasteiger partial charge >= 0.3 is 0 Å². The minimum Gasteiger partial charge on any atom is -0.0622 e. The Morgan fingerprint density at radius 3 is 0.824 bits per heavy atom. The summed E-state index contributed by atoms with van der Waals surface area (Å²) in [6.07, 6.45) is 0. The zero-order chi connectivity index (χ0) is 47.3. The molecule has 0 amide bonds. The van der Waals surface area contributed by atoms with Crippen molar-refractivity contribution in [1.29, 1.82) is 0 Å². The van der Waals surface area contributed by atoms with E-state index in [1.807, 2.05) is 0 Å². The molecule has 0 N–H and O–H groups in total. The van der Waals surface area contributed by atoms with Gasteiger partial charge in [0.2, 0.25) is 0 Å². The Labute approximate surface area is 405 Å². The predicted molar refractivity (Wildman–Crippen MR) is 292 cm³/mol. The molecule has 11 rings (SSSR count). The quantitative estimate of drug-likeness (QED) is 0.156. The first kappa shape index (κ1) is 43.5. The molecule has 0 radical (unpaired) electrons. The fourth-order valence-corrected chi connectivity index (χ4v) is 11.5. The molecule has 0 spiro atoms. The molecule has 0 heterocycles. The van der Waals surface area contributed by atoms with Gasteiger partial charge in [-0.1, -0.05) is 215 Å². The number of rotatable bonds is 6. The van der Waals surface area contributed by atoms with Crippen LogP contribution in [0.5, 0.6) is 0 Å². The summed E-state index contributed by atoms with van der Waals surface area (Å²) in [4.78, 5) is 0. The molecular weight excluding hydrogens is 817 g/mol. The lowest BCUT2D eigenvalue weighted by Gasteiger charge is -2.31. The van der Waals surface area contributed by atoms with Crippen LogP contribution in [0.25, 0.3) is 89.0 Å². The van der Waals surface area contributed by atoms with Gasteiger partial charge in [0.1, 0.15) is 0 Å². The molecule has 334 valence electrons. The SMILES string of the molecule is CC(C)(C)c1cc(-c2ccc3c(c2)C(C)(C)c2cc(-c4cccc(-c5ccccc5)c4)ccc2-3)c(C(C)(C)C)cc1-c1ccc2c(c1)C(C)(C)c1cc(-c3cccc(-c4ccccc4)c3)ccc1-2. The lowest BCUT2D eigenvalue weighted by Crippen LogP contribution is -2.19. The zero-order valence-corrected chi connectivity index (χ0v) is 41.5. The van der Waals surface area contributed by atoms with Crippen LogP contribution in [0, 0.1) is 0 Å². The first-order valence-electron chi connectivity index (χ1n) is 24.6. The summed E-state index contributed by atoms with van der Waals surface area (Å²) in [5, 5.41) is 0. The molecular formula is C68H62. The molecule has 0 saturated heterocycles. The van der Waals surface area contributed by atoms with E-state index in [9.17, 15) is 0 Å². The third kappa shape index (κ3) is 7.28. The molecule has 68 heavy (non-hydrogen) atoms. The molecule has 0 fully saturated rings. The second-order valence-electron chi connectivity index (χ2n) is 22.6. The molecule has 0 heteroatoms. The molecule has 2 aliphatic rings. The highest BCUT2D eigenvalue weighted by atomic mass is 14.4. The molecule has 9 aromatic carbocycles. The summed E-state index contributed by atoms with van der Waals surface area (Å²) < 4.78 is 0. The van der Waals surface area contributed by atoms with E-state index in [1.165, 1.54) is 122 Å². The maximum atomic E-state index is 2.55. The van der Waals surface area contributed by atoms with Crippen molar-refractivity contribution in [3.63, 3.8) is 0 Å². The zero-order valence-electron chi connectivity index (χ0n) is 41.5.